The maximum absolute atomic E-state index is 14.6. The van der Waals surface area contributed by atoms with Gasteiger partial charge in [-0.05, 0) is 115 Å². The summed E-state index contributed by atoms with van der Waals surface area (Å²) in [4.78, 5) is 70.4. The van der Waals surface area contributed by atoms with Gasteiger partial charge in [-0.3, -0.25) is 24.6 Å². The van der Waals surface area contributed by atoms with Crippen LogP contribution in [0.4, 0.5) is 17.4 Å². The number of aromatic carboxylic acids is 1. The number of sulfonamides is 1. The second-order valence-corrected chi connectivity index (χ2v) is 23.7. The Morgan fingerprint density at radius 2 is 1.76 bits per heavy atom. The van der Waals surface area contributed by atoms with Gasteiger partial charge in [-0.25, -0.2) is 18.0 Å². The predicted octanol–water partition coefficient (Wildman–Crippen LogP) is 8.49. The Morgan fingerprint density at radius 1 is 0.986 bits per heavy atom. The van der Waals surface area contributed by atoms with Crippen LogP contribution in [0.3, 0.4) is 0 Å². The summed E-state index contributed by atoms with van der Waals surface area (Å²) in [5.74, 6) is -3.81. The largest absolute Gasteiger partial charge is 0.479 e. The van der Waals surface area contributed by atoms with E-state index in [1.165, 1.54) is 0 Å². The average Bonchev–Trinajstić information content (AvgIpc) is 4.00. The lowest BCUT2D eigenvalue weighted by atomic mass is 9.56. The molecule has 12 rings (SSSR count). The van der Waals surface area contributed by atoms with Crippen LogP contribution >= 0.6 is 22.9 Å². The van der Waals surface area contributed by atoms with E-state index in [9.17, 15) is 37.5 Å². The Kier molecular flexibility index (Phi) is 11.7. The Morgan fingerprint density at radius 3 is 2.51 bits per heavy atom. The third-order valence-corrected chi connectivity index (χ3v) is 19.4. The van der Waals surface area contributed by atoms with E-state index in [0.29, 0.717) is 70.4 Å². The van der Waals surface area contributed by atoms with Gasteiger partial charge >= 0.3 is 11.9 Å². The molecule has 2 bridgehead atoms. The predicted molar refractivity (Wildman–Crippen MR) is 272 cm³/mol. The van der Waals surface area contributed by atoms with Crippen LogP contribution in [-0.2, 0) is 30.2 Å². The minimum Gasteiger partial charge on any atom is -0.479 e. The summed E-state index contributed by atoms with van der Waals surface area (Å²) in [6.07, 6.45) is 3.38. The van der Waals surface area contributed by atoms with Crippen LogP contribution in [-0.4, -0.2) is 101 Å². The van der Waals surface area contributed by atoms with Crippen molar-refractivity contribution in [2.45, 2.75) is 88.6 Å². The third-order valence-electron chi connectivity index (χ3n) is 15.8. The van der Waals surface area contributed by atoms with E-state index in [0.717, 1.165) is 52.6 Å². The van der Waals surface area contributed by atoms with Gasteiger partial charge in [-0.2, -0.15) is 9.29 Å². The number of anilines is 3. The van der Waals surface area contributed by atoms with Crippen LogP contribution in [0.1, 0.15) is 96.4 Å². The fourth-order valence-electron chi connectivity index (χ4n) is 12.0. The molecule has 4 aromatic carbocycles. The SMILES string of the molecule is CC1(C)CC2CN(S(=O)(=O)Cc3ccc4oc(N5CCC(c6ccc7c8c(cccc68)C(=O)N7C6CCC(=O)NC6=O)CC5)nc4c3)C1(C)CC2Nc1cccc(-c2sc(C(=O)O)c(OCC(=O)O)c2Cl)c1. The first-order valence-corrected chi connectivity index (χ1v) is 26.8. The minimum absolute atomic E-state index is 0.0127. The second-order valence-electron chi connectivity index (χ2n) is 20.4. The van der Waals surface area contributed by atoms with Crippen molar-refractivity contribution in [1.29, 1.82) is 0 Å². The number of aromatic nitrogens is 1. The van der Waals surface area contributed by atoms with Crippen molar-refractivity contribution in [2.75, 3.05) is 41.4 Å². The highest BCUT2D eigenvalue weighted by molar-refractivity contribution is 7.88. The molecule has 20 heteroatoms. The number of amides is 3. The van der Waals surface area contributed by atoms with E-state index in [4.69, 9.17) is 30.8 Å². The quantitative estimate of drug-likeness (QED) is 0.0796. The van der Waals surface area contributed by atoms with Crippen molar-refractivity contribution in [2.24, 2.45) is 11.3 Å². The van der Waals surface area contributed by atoms with E-state index in [1.54, 1.807) is 39.5 Å². The van der Waals surface area contributed by atoms with Crippen LogP contribution in [0, 0.1) is 11.3 Å². The number of hydrogen-bond acceptors (Lipinski definition) is 13. The first kappa shape index (κ1) is 47.8. The van der Waals surface area contributed by atoms with Crippen LogP contribution < -0.4 is 25.2 Å². The Bertz CT molecular complexity index is 3400. The maximum atomic E-state index is 14.6. The van der Waals surface area contributed by atoms with Crippen molar-refractivity contribution >= 4 is 102 Å². The van der Waals surface area contributed by atoms with Crippen molar-refractivity contribution in [1.82, 2.24) is 14.6 Å². The Hall–Kier alpha value is -6.54. The molecule has 6 aromatic rings. The van der Waals surface area contributed by atoms with Gasteiger partial charge in [0.2, 0.25) is 21.8 Å². The van der Waals surface area contributed by atoms with Gasteiger partial charge in [-0.1, -0.05) is 61.8 Å². The lowest BCUT2D eigenvalue weighted by Crippen LogP contribution is -2.71. The standard InChI is InChI=1S/C52H51ClN6O11S2/c1-51(2)22-30-24-58(52(51,3)23-36(30)54-31-7-4-6-29(21-31)45-43(53)44(69-25-41(61)62)46(71-45)49(65)66)72(67,68)26-27-10-14-39-35(20-27)55-50(70-39)57-18-16-28(17-19-57)32-11-12-37-42-33(32)8-5-9-34(42)48(64)59(37)38-13-15-40(60)56-47(38)63/h4-12,14,20-21,28,30,36,38,54H,13,15-19,22-26H2,1-3H3,(H,61,62)(H,65,66)(H,56,60,63). The molecule has 1 saturated carbocycles. The number of carbonyl (C=O) groups is 5. The maximum Gasteiger partial charge on any atom is 0.349 e. The van der Waals surface area contributed by atoms with Crippen molar-refractivity contribution in [3.63, 3.8) is 0 Å². The molecule has 4 saturated heterocycles. The van der Waals surface area contributed by atoms with Gasteiger partial charge in [-0.15, -0.1) is 11.3 Å². The highest BCUT2D eigenvalue weighted by Gasteiger charge is 2.61. The number of aliphatic carboxylic acids is 1. The zero-order valence-corrected chi connectivity index (χ0v) is 42.0. The monoisotopic (exact) mass is 1030 g/mol. The van der Waals surface area contributed by atoms with Crippen LogP contribution in [0.5, 0.6) is 5.75 Å². The molecule has 5 aliphatic heterocycles. The summed E-state index contributed by atoms with van der Waals surface area (Å²) in [7, 11) is -3.83. The van der Waals surface area contributed by atoms with E-state index in [1.807, 2.05) is 43.3 Å². The number of fused-ring (bicyclic) bond motifs is 4. The topological polar surface area (TPSA) is 229 Å². The van der Waals surface area contributed by atoms with Crippen molar-refractivity contribution in [3.05, 3.63) is 99.4 Å². The van der Waals surface area contributed by atoms with Gasteiger partial charge in [0.25, 0.3) is 11.9 Å². The Balaban J connectivity index is 0.761. The zero-order valence-electron chi connectivity index (χ0n) is 39.6. The number of carboxylic acids is 2. The molecule has 374 valence electrons. The highest BCUT2D eigenvalue weighted by Crippen LogP contribution is 2.56. The molecule has 72 heavy (non-hydrogen) atoms. The smallest absolute Gasteiger partial charge is 0.349 e. The molecule has 4 unspecified atom stereocenters. The molecule has 2 aromatic heterocycles. The number of imide groups is 1. The molecule has 1 aliphatic carbocycles. The fraction of sp³-hybridized carbons (Fsp3) is 0.385. The molecule has 17 nitrogen and oxygen atoms in total. The number of nitrogens with one attached hydrogen (secondary N) is 2. The fourth-order valence-corrected chi connectivity index (χ4v) is 15.5. The lowest BCUT2D eigenvalue weighted by molar-refractivity contribution is -0.139. The minimum atomic E-state index is -3.83. The summed E-state index contributed by atoms with van der Waals surface area (Å²) in [5, 5.41) is 26.8. The van der Waals surface area contributed by atoms with Gasteiger partial charge in [0.05, 0.1) is 16.3 Å². The zero-order chi connectivity index (χ0) is 50.6. The van der Waals surface area contributed by atoms with E-state index in [-0.39, 0.29) is 69.4 Å². The van der Waals surface area contributed by atoms with Gasteiger partial charge in [0.1, 0.15) is 16.6 Å². The number of carbonyl (C=O) groups excluding carboxylic acids is 3. The number of nitrogens with zero attached hydrogens (tertiary/aromatic N) is 4. The number of carboxylic acid groups (broad SMARTS) is 2. The number of thiophene rings is 1. The second kappa shape index (κ2) is 17.6. The molecular weight excluding hydrogens is 984 g/mol. The molecule has 4 N–H and O–H groups in total. The van der Waals surface area contributed by atoms with Crippen LogP contribution in [0.25, 0.3) is 32.3 Å². The number of rotatable bonds is 13. The average molecular weight is 1040 g/mol. The molecule has 7 heterocycles. The first-order valence-electron chi connectivity index (χ1n) is 23.9. The number of piperidine rings is 4. The summed E-state index contributed by atoms with van der Waals surface area (Å²) in [6.45, 7) is 7.19. The normalized spacial score (nSPS) is 23.3. The van der Waals surface area contributed by atoms with Crippen LogP contribution in [0.2, 0.25) is 5.02 Å². The molecule has 3 amide bonds. The van der Waals surface area contributed by atoms with Crippen LogP contribution in [0.15, 0.2) is 77.2 Å². The number of hydrogen-bond donors (Lipinski definition) is 4. The number of halogens is 1. The van der Waals surface area contributed by atoms with Gasteiger partial charge in [0.15, 0.2) is 22.8 Å². The molecule has 4 atom stereocenters. The van der Waals surface area contributed by atoms with Crippen molar-refractivity contribution < 1.29 is 51.8 Å². The number of oxazole rings is 1. The number of ether oxygens (including phenoxy) is 1. The van der Waals surface area contributed by atoms with Gasteiger partial charge < -0.3 is 29.6 Å². The number of benzene rings is 4. The summed E-state index contributed by atoms with van der Waals surface area (Å²) in [6, 6.07) is 22.1. The lowest BCUT2D eigenvalue weighted by Gasteiger charge is -2.63. The van der Waals surface area contributed by atoms with E-state index >= 15 is 0 Å². The van der Waals surface area contributed by atoms with E-state index in [2.05, 4.69) is 35.4 Å². The summed E-state index contributed by atoms with van der Waals surface area (Å²) in [5.41, 5.74) is 4.39. The summed E-state index contributed by atoms with van der Waals surface area (Å²) < 4.78 is 42.4. The molecule has 6 aliphatic rings. The third kappa shape index (κ3) is 8.04. The summed E-state index contributed by atoms with van der Waals surface area (Å²) >= 11 is 7.50. The van der Waals surface area contributed by atoms with Crippen molar-refractivity contribution in [3.8, 4) is 16.2 Å². The van der Waals surface area contributed by atoms with E-state index < -0.39 is 46.1 Å². The molecule has 0 spiro atoms. The van der Waals surface area contributed by atoms with Gasteiger partial charge in [0, 0.05) is 54.3 Å². The highest BCUT2D eigenvalue weighted by atomic mass is 35.5. The Labute approximate surface area is 423 Å². The molecular formula is C52H51ClN6O11S2. The molecule has 0 radical (unpaired) electrons. The molecule has 5 fully saturated rings. The first-order chi connectivity index (χ1) is 34.3.